The molecule has 0 radical (unpaired) electrons. The second-order valence-electron chi connectivity index (χ2n) is 4.90. The molecule has 2 aromatic rings. The molecule has 0 aliphatic heterocycles. The number of nitrogens with two attached hydrogens (primary N) is 1. The topological polar surface area (TPSA) is 88.2 Å². The van der Waals surface area contributed by atoms with E-state index in [-0.39, 0.29) is 11.7 Å². The predicted octanol–water partition coefficient (Wildman–Crippen LogP) is 1.39. The minimum atomic E-state index is -0.590. The fourth-order valence-corrected chi connectivity index (χ4v) is 2.70. The SMILES string of the molecule is Cc1csc(CCNC(=O)[C@@H](N)Cc2ccc(O)cc2)n1. The standard InChI is InChI=1S/C15H19N3O2S/c1-10-9-21-14(18-10)6-7-17-15(20)13(16)8-11-2-4-12(19)5-3-11/h2-5,9,13,19H,6-8,16H2,1H3,(H,17,20)/t13-/m0/s1. The molecular formula is C15H19N3O2S. The van der Waals surface area contributed by atoms with Gasteiger partial charge in [-0.15, -0.1) is 11.3 Å². The summed E-state index contributed by atoms with van der Waals surface area (Å²) in [6, 6.07) is 6.12. The lowest BCUT2D eigenvalue weighted by atomic mass is 10.1. The fraction of sp³-hybridized carbons (Fsp3) is 0.333. The lowest BCUT2D eigenvalue weighted by molar-refractivity contribution is -0.122. The van der Waals surface area contributed by atoms with Crippen LogP contribution in [0.4, 0.5) is 0 Å². The molecule has 0 fully saturated rings. The molecule has 0 unspecified atom stereocenters. The van der Waals surface area contributed by atoms with Crippen LogP contribution in [0.25, 0.3) is 0 Å². The first-order chi connectivity index (χ1) is 10.0. The van der Waals surface area contributed by atoms with Crippen molar-refractivity contribution in [3.8, 4) is 5.75 Å². The Bertz CT molecular complexity index is 595. The van der Waals surface area contributed by atoms with Gasteiger partial charge in [0.05, 0.1) is 11.0 Å². The quantitative estimate of drug-likeness (QED) is 0.752. The Kier molecular flexibility index (Phi) is 5.30. The molecule has 112 valence electrons. The van der Waals surface area contributed by atoms with E-state index in [1.807, 2.05) is 12.3 Å². The monoisotopic (exact) mass is 305 g/mol. The number of phenolic OH excluding ortho intramolecular Hbond substituents is 1. The third-order valence-electron chi connectivity index (χ3n) is 3.03. The number of amides is 1. The summed E-state index contributed by atoms with van der Waals surface area (Å²) in [4.78, 5) is 16.2. The van der Waals surface area contributed by atoms with Gasteiger partial charge < -0.3 is 16.2 Å². The molecule has 1 heterocycles. The number of benzene rings is 1. The summed E-state index contributed by atoms with van der Waals surface area (Å²) < 4.78 is 0. The molecule has 1 aromatic heterocycles. The number of phenols is 1. The minimum Gasteiger partial charge on any atom is -0.508 e. The van der Waals surface area contributed by atoms with Crippen molar-refractivity contribution in [2.45, 2.75) is 25.8 Å². The summed E-state index contributed by atoms with van der Waals surface area (Å²) in [6.45, 7) is 2.49. The summed E-state index contributed by atoms with van der Waals surface area (Å²) in [5.41, 5.74) is 7.81. The summed E-state index contributed by atoms with van der Waals surface area (Å²) in [5.74, 6) is 0.0341. The van der Waals surface area contributed by atoms with Crippen molar-refractivity contribution >= 4 is 17.2 Å². The van der Waals surface area contributed by atoms with Crippen molar-refractivity contribution in [2.24, 2.45) is 5.73 Å². The normalized spacial score (nSPS) is 12.1. The Morgan fingerprint density at radius 2 is 2.14 bits per heavy atom. The van der Waals surface area contributed by atoms with E-state index in [0.717, 1.165) is 22.7 Å². The number of thiazole rings is 1. The molecule has 0 spiro atoms. The van der Waals surface area contributed by atoms with E-state index in [1.165, 1.54) is 0 Å². The Morgan fingerprint density at radius 3 is 2.76 bits per heavy atom. The van der Waals surface area contributed by atoms with E-state index in [4.69, 9.17) is 5.73 Å². The van der Waals surface area contributed by atoms with Gasteiger partial charge in [0, 0.05) is 24.0 Å². The van der Waals surface area contributed by atoms with E-state index < -0.39 is 6.04 Å². The second kappa shape index (κ2) is 7.19. The molecule has 21 heavy (non-hydrogen) atoms. The Balaban J connectivity index is 1.75. The van der Waals surface area contributed by atoms with Crippen molar-refractivity contribution in [3.05, 3.63) is 45.9 Å². The predicted molar refractivity (Wildman–Crippen MR) is 83.4 cm³/mol. The maximum Gasteiger partial charge on any atom is 0.237 e. The largest absolute Gasteiger partial charge is 0.508 e. The van der Waals surface area contributed by atoms with Gasteiger partial charge in [-0.05, 0) is 31.0 Å². The Hall–Kier alpha value is -1.92. The molecule has 5 nitrogen and oxygen atoms in total. The van der Waals surface area contributed by atoms with Crippen LogP contribution in [0.15, 0.2) is 29.6 Å². The van der Waals surface area contributed by atoms with E-state index in [9.17, 15) is 9.90 Å². The summed E-state index contributed by atoms with van der Waals surface area (Å²) in [5, 5.41) is 15.0. The van der Waals surface area contributed by atoms with Gasteiger partial charge in [0.25, 0.3) is 0 Å². The zero-order valence-electron chi connectivity index (χ0n) is 11.9. The molecule has 1 atom stereocenters. The summed E-state index contributed by atoms with van der Waals surface area (Å²) >= 11 is 1.60. The van der Waals surface area contributed by atoms with Gasteiger partial charge in [0.2, 0.25) is 5.91 Å². The molecule has 6 heteroatoms. The molecule has 0 bridgehead atoms. The molecule has 0 aliphatic carbocycles. The maximum atomic E-state index is 11.9. The van der Waals surface area contributed by atoms with Crippen molar-refractivity contribution < 1.29 is 9.90 Å². The minimum absolute atomic E-state index is 0.170. The van der Waals surface area contributed by atoms with E-state index >= 15 is 0 Å². The fourth-order valence-electron chi connectivity index (χ4n) is 1.92. The summed E-state index contributed by atoms with van der Waals surface area (Å²) in [6.07, 6.45) is 1.17. The third kappa shape index (κ3) is 4.84. The number of nitrogens with one attached hydrogen (secondary N) is 1. The first-order valence-corrected chi connectivity index (χ1v) is 7.65. The number of carbonyl (C=O) groups is 1. The number of aromatic nitrogens is 1. The first-order valence-electron chi connectivity index (χ1n) is 6.77. The molecule has 1 amide bonds. The molecule has 0 saturated heterocycles. The molecule has 0 saturated carbocycles. The molecule has 2 rings (SSSR count). The lowest BCUT2D eigenvalue weighted by Crippen LogP contribution is -2.42. The van der Waals surface area contributed by atoms with Crippen LogP contribution >= 0.6 is 11.3 Å². The van der Waals surface area contributed by atoms with Gasteiger partial charge in [-0.1, -0.05) is 12.1 Å². The van der Waals surface area contributed by atoms with Crippen LogP contribution in [0, 0.1) is 6.92 Å². The summed E-state index contributed by atoms with van der Waals surface area (Å²) in [7, 11) is 0. The number of aryl methyl sites for hydroxylation is 1. The van der Waals surface area contributed by atoms with Gasteiger partial charge in [0.15, 0.2) is 0 Å². The smallest absolute Gasteiger partial charge is 0.237 e. The molecule has 0 aliphatic rings. The highest BCUT2D eigenvalue weighted by Gasteiger charge is 2.13. The molecule has 4 N–H and O–H groups in total. The number of rotatable bonds is 6. The van der Waals surface area contributed by atoms with Crippen LogP contribution in [0.3, 0.4) is 0 Å². The van der Waals surface area contributed by atoms with Crippen molar-refractivity contribution in [1.82, 2.24) is 10.3 Å². The van der Waals surface area contributed by atoms with Crippen LogP contribution < -0.4 is 11.1 Å². The number of nitrogens with zero attached hydrogens (tertiary/aromatic N) is 1. The second-order valence-corrected chi connectivity index (χ2v) is 5.84. The van der Waals surface area contributed by atoms with E-state index in [0.29, 0.717) is 13.0 Å². The number of aromatic hydroxyl groups is 1. The van der Waals surface area contributed by atoms with Gasteiger partial charge in [-0.3, -0.25) is 4.79 Å². The number of hydrogen-bond acceptors (Lipinski definition) is 5. The van der Waals surface area contributed by atoms with Crippen LogP contribution in [0.1, 0.15) is 16.3 Å². The van der Waals surface area contributed by atoms with E-state index in [2.05, 4.69) is 10.3 Å². The van der Waals surface area contributed by atoms with E-state index in [1.54, 1.807) is 35.6 Å². The van der Waals surface area contributed by atoms with Gasteiger partial charge in [-0.2, -0.15) is 0 Å². The maximum absolute atomic E-state index is 11.9. The van der Waals surface area contributed by atoms with Gasteiger partial charge in [0.1, 0.15) is 5.75 Å². The number of carbonyl (C=O) groups excluding carboxylic acids is 1. The van der Waals surface area contributed by atoms with Gasteiger partial charge >= 0.3 is 0 Å². The first kappa shape index (κ1) is 15.5. The Labute approximate surface area is 127 Å². The van der Waals surface area contributed by atoms with Crippen LogP contribution in [0.5, 0.6) is 5.75 Å². The lowest BCUT2D eigenvalue weighted by Gasteiger charge is -2.12. The number of hydrogen-bond donors (Lipinski definition) is 3. The van der Waals surface area contributed by atoms with Crippen LogP contribution in [0.2, 0.25) is 0 Å². The highest BCUT2D eigenvalue weighted by atomic mass is 32.1. The zero-order chi connectivity index (χ0) is 15.2. The average molecular weight is 305 g/mol. The van der Waals surface area contributed by atoms with Gasteiger partial charge in [-0.25, -0.2) is 4.98 Å². The van der Waals surface area contributed by atoms with Crippen molar-refractivity contribution in [1.29, 1.82) is 0 Å². The third-order valence-corrected chi connectivity index (χ3v) is 4.06. The molecular weight excluding hydrogens is 286 g/mol. The Morgan fingerprint density at radius 1 is 1.43 bits per heavy atom. The highest BCUT2D eigenvalue weighted by Crippen LogP contribution is 2.11. The van der Waals surface area contributed by atoms with Crippen molar-refractivity contribution in [2.75, 3.05) is 6.54 Å². The van der Waals surface area contributed by atoms with Crippen LogP contribution in [-0.4, -0.2) is 28.6 Å². The zero-order valence-corrected chi connectivity index (χ0v) is 12.7. The molecule has 1 aromatic carbocycles. The van der Waals surface area contributed by atoms with Crippen molar-refractivity contribution in [3.63, 3.8) is 0 Å². The van der Waals surface area contributed by atoms with Crippen LogP contribution in [-0.2, 0) is 17.6 Å². The average Bonchev–Trinajstić information content (AvgIpc) is 2.87. The highest BCUT2D eigenvalue weighted by molar-refractivity contribution is 7.09.